The molecule has 0 aliphatic carbocycles. The summed E-state index contributed by atoms with van der Waals surface area (Å²) in [6.45, 7) is 5.11. The van der Waals surface area contributed by atoms with Gasteiger partial charge in [0.1, 0.15) is 29.8 Å². The van der Waals surface area contributed by atoms with Crippen LogP contribution in [0, 0.1) is 0 Å². The van der Waals surface area contributed by atoms with Gasteiger partial charge in [0.2, 0.25) is 0 Å². The van der Waals surface area contributed by atoms with Gasteiger partial charge in [-0.25, -0.2) is 14.6 Å². The van der Waals surface area contributed by atoms with Crippen molar-refractivity contribution in [2.24, 2.45) is 5.16 Å². The molecule has 2 aliphatic rings. The zero-order valence-corrected chi connectivity index (χ0v) is 29.9. The number of thioether (sulfide) groups is 1. The van der Waals surface area contributed by atoms with Gasteiger partial charge in [0.25, 0.3) is 11.8 Å². The molecule has 5 rings (SSSR count). The third-order valence-electron chi connectivity index (χ3n) is 6.85. The Hall–Kier alpha value is -4.94. The Labute approximate surface area is 296 Å². The molecule has 3 heterocycles. The van der Waals surface area contributed by atoms with E-state index in [0.717, 1.165) is 34.3 Å². The number of benzene rings is 2. The fraction of sp³-hybridized carbons (Fsp3) is 0.312. The van der Waals surface area contributed by atoms with Crippen molar-refractivity contribution in [3.05, 3.63) is 94.3 Å². The summed E-state index contributed by atoms with van der Waals surface area (Å²) in [5.74, 6) is -2.98. The highest BCUT2D eigenvalue weighted by atomic mass is 32.2. The van der Waals surface area contributed by atoms with Crippen molar-refractivity contribution in [2.45, 2.75) is 43.9 Å². The van der Waals surface area contributed by atoms with Gasteiger partial charge >= 0.3 is 22.2 Å². The zero-order chi connectivity index (χ0) is 36.2. The molecule has 2 N–H and O–H groups in total. The van der Waals surface area contributed by atoms with Gasteiger partial charge in [0.15, 0.2) is 28.4 Å². The van der Waals surface area contributed by atoms with Crippen LogP contribution in [0.2, 0.25) is 0 Å². The Bertz CT molecular complexity index is 1900. The van der Waals surface area contributed by atoms with Crippen LogP contribution in [-0.2, 0) is 43.0 Å². The van der Waals surface area contributed by atoms with E-state index in [-0.39, 0.29) is 28.0 Å². The number of aromatic nitrogens is 1. The monoisotopic (exact) mass is 743 g/mol. The van der Waals surface area contributed by atoms with Crippen LogP contribution >= 0.6 is 23.1 Å². The number of nitrogens with zero attached hydrogens (tertiary/aromatic N) is 3. The first kappa shape index (κ1) is 36.3. The van der Waals surface area contributed by atoms with Gasteiger partial charge in [-0.05, 0) is 31.9 Å². The van der Waals surface area contributed by atoms with E-state index in [0.29, 0.717) is 11.1 Å². The number of anilines is 1. The molecule has 2 aromatic carbocycles. The second-order valence-electron chi connectivity index (χ2n) is 11.8. The molecule has 264 valence electrons. The molecule has 18 heteroatoms. The summed E-state index contributed by atoms with van der Waals surface area (Å²) in [6, 6.07) is 16.6. The first-order valence-electron chi connectivity index (χ1n) is 14.9. The van der Waals surface area contributed by atoms with Gasteiger partial charge in [-0.3, -0.25) is 19.8 Å². The highest BCUT2D eigenvalue weighted by Gasteiger charge is 2.56. The number of β-lactam (4-membered cyclic amide) rings is 1. The van der Waals surface area contributed by atoms with Crippen LogP contribution in [0.4, 0.5) is 9.93 Å². The van der Waals surface area contributed by atoms with Crippen LogP contribution in [-0.4, -0.2) is 84.0 Å². The van der Waals surface area contributed by atoms with Gasteiger partial charge in [0, 0.05) is 5.38 Å². The Morgan fingerprint density at radius 3 is 2.22 bits per heavy atom. The highest BCUT2D eigenvalue weighted by Crippen LogP contribution is 2.42. The van der Waals surface area contributed by atoms with Crippen molar-refractivity contribution in [1.29, 1.82) is 0 Å². The van der Waals surface area contributed by atoms with Crippen molar-refractivity contribution >= 4 is 67.9 Å². The summed E-state index contributed by atoms with van der Waals surface area (Å²) in [4.78, 5) is 63.3. The minimum absolute atomic E-state index is 0.0428. The van der Waals surface area contributed by atoms with Gasteiger partial charge < -0.3 is 23.8 Å². The van der Waals surface area contributed by atoms with E-state index in [1.54, 1.807) is 81.4 Å². The molecule has 0 spiro atoms. The minimum Gasteiger partial charge on any atom is -0.448 e. The Morgan fingerprint density at radius 2 is 1.66 bits per heavy atom. The number of hydrogen-bond donors (Lipinski definition) is 2. The van der Waals surface area contributed by atoms with E-state index in [4.69, 9.17) is 18.5 Å². The number of fused-ring (bicyclic) bond motifs is 1. The van der Waals surface area contributed by atoms with E-state index >= 15 is 0 Å². The van der Waals surface area contributed by atoms with E-state index < -0.39 is 62.8 Å². The lowest BCUT2D eigenvalue weighted by Gasteiger charge is -2.49. The summed E-state index contributed by atoms with van der Waals surface area (Å²) in [6.07, 6.45) is -0.832. The molecule has 0 radical (unpaired) electrons. The van der Waals surface area contributed by atoms with Crippen LogP contribution in [0.3, 0.4) is 0 Å². The second kappa shape index (κ2) is 14.9. The van der Waals surface area contributed by atoms with Crippen LogP contribution < -0.4 is 10.6 Å². The maximum absolute atomic E-state index is 13.9. The van der Waals surface area contributed by atoms with Crippen molar-refractivity contribution in [2.75, 3.05) is 24.4 Å². The number of carbonyl (C=O) groups is 4. The topological polar surface area (TPSA) is 192 Å². The number of oxime groups is 1. The van der Waals surface area contributed by atoms with Crippen LogP contribution in [0.5, 0.6) is 0 Å². The third-order valence-corrected chi connectivity index (χ3v) is 9.36. The van der Waals surface area contributed by atoms with Gasteiger partial charge in [-0.2, -0.15) is 8.42 Å². The van der Waals surface area contributed by atoms with Crippen molar-refractivity contribution in [3.63, 3.8) is 0 Å². The molecule has 0 saturated carbocycles. The third kappa shape index (κ3) is 8.61. The molecular weight excluding hydrogens is 711 g/mol. The predicted molar refractivity (Wildman–Crippen MR) is 184 cm³/mol. The Balaban J connectivity index is 1.37. The van der Waals surface area contributed by atoms with Crippen LogP contribution in [0.1, 0.15) is 43.7 Å². The van der Waals surface area contributed by atoms with Crippen molar-refractivity contribution in [1.82, 2.24) is 15.2 Å². The number of amides is 3. The smallest absolute Gasteiger partial charge is 0.413 e. The average Bonchev–Trinajstić information content (AvgIpc) is 3.51. The first-order chi connectivity index (χ1) is 23.6. The summed E-state index contributed by atoms with van der Waals surface area (Å²) in [5.41, 5.74) is -0.121. The number of rotatable bonds is 11. The van der Waals surface area contributed by atoms with Crippen molar-refractivity contribution in [3.8, 4) is 0 Å². The number of esters is 1. The van der Waals surface area contributed by atoms with Crippen molar-refractivity contribution < 1.29 is 46.1 Å². The largest absolute Gasteiger partial charge is 0.448 e. The SMILES string of the molecule is CO/N=C(\C(=O)N[C@@H]1C(=O)N2C(C(=O)OC(c3ccccc3)c3ccccc3)=C(OS(C)(=O)=O)CS[C@@H]12)c1csc(NC(=O)OC(C)(C)C)n1. The molecule has 2 atom stereocenters. The fourth-order valence-electron chi connectivity index (χ4n) is 4.91. The standard InChI is InChI=1S/C32H33N5O10S3/c1-32(2,3)46-31(41)35-30-33-20(16-49-30)22(36-44-4)26(38)34-23-27(39)37-24(21(17-48-28(23)37)47-50(5,42)43)29(40)45-25(18-12-8-6-9-13-18)19-14-10-7-11-15-19/h6-16,23,25,28H,17H2,1-5H3,(H,34,38)(H,33,35,41)/b36-22-/t23-,28+/m1/s1. The van der Waals surface area contributed by atoms with Crippen LogP contribution in [0.25, 0.3) is 0 Å². The highest BCUT2D eigenvalue weighted by molar-refractivity contribution is 8.00. The van der Waals surface area contributed by atoms with Gasteiger partial charge in [0.05, 0.1) is 12.0 Å². The molecule has 3 amide bonds. The maximum Gasteiger partial charge on any atom is 0.413 e. The number of hydrogen-bond acceptors (Lipinski definition) is 14. The molecule has 1 aromatic heterocycles. The average molecular weight is 744 g/mol. The molecule has 15 nitrogen and oxygen atoms in total. The van der Waals surface area contributed by atoms with E-state index in [9.17, 15) is 27.6 Å². The summed E-state index contributed by atoms with van der Waals surface area (Å²) >= 11 is 2.08. The lowest BCUT2D eigenvalue weighted by atomic mass is 10.0. The minimum atomic E-state index is -4.11. The van der Waals surface area contributed by atoms with E-state index in [1.165, 1.54) is 12.5 Å². The van der Waals surface area contributed by atoms with Gasteiger partial charge in [-0.1, -0.05) is 65.8 Å². The molecule has 50 heavy (non-hydrogen) atoms. The zero-order valence-electron chi connectivity index (χ0n) is 27.4. The number of carbonyl (C=O) groups excluding carboxylic acids is 4. The summed E-state index contributed by atoms with van der Waals surface area (Å²) in [7, 11) is -2.89. The second-order valence-corrected chi connectivity index (χ2v) is 15.4. The maximum atomic E-state index is 13.9. The van der Waals surface area contributed by atoms with E-state index in [1.807, 2.05) is 0 Å². The first-order valence-corrected chi connectivity index (χ1v) is 18.7. The molecule has 0 unspecified atom stereocenters. The fourth-order valence-corrected chi connectivity index (χ4v) is 7.42. The lowest BCUT2D eigenvalue weighted by molar-refractivity contribution is -0.154. The molecule has 3 aromatic rings. The summed E-state index contributed by atoms with van der Waals surface area (Å²) < 4.78 is 40.7. The molecule has 1 saturated heterocycles. The lowest BCUT2D eigenvalue weighted by Crippen LogP contribution is -2.71. The quantitative estimate of drug-likeness (QED) is 0.0952. The number of ether oxygens (including phenoxy) is 2. The normalized spacial score (nSPS) is 17.8. The van der Waals surface area contributed by atoms with E-state index in [2.05, 4.69) is 20.8 Å². The molecule has 2 aliphatic heterocycles. The van der Waals surface area contributed by atoms with Crippen LogP contribution in [0.15, 0.2) is 82.7 Å². The molecule has 0 bridgehead atoms. The summed E-state index contributed by atoms with van der Waals surface area (Å²) in [5, 5.41) is 9.60. The number of nitrogens with one attached hydrogen (secondary N) is 2. The number of thiazole rings is 1. The van der Waals surface area contributed by atoms with Gasteiger partial charge in [-0.15, -0.1) is 23.1 Å². The predicted octanol–water partition coefficient (Wildman–Crippen LogP) is 3.76. The molecular formula is C32H33N5O10S3. The Morgan fingerprint density at radius 1 is 1.04 bits per heavy atom. The Kier molecular flexibility index (Phi) is 10.8. The molecule has 1 fully saturated rings.